The molecule has 1 atom stereocenters. The maximum absolute atomic E-state index is 10.5. The van der Waals surface area contributed by atoms with Gasteiger partial charge in [0.05, 0.1) is 0 Å². The molecule has 0 fully saturated rings. The zero-order valence-electron chi connectivity index (χ0n) is 6.17. The summed E-state index contributed by atoms with van der Waals surface area (Å²) in [5, 5.41) is 0. The van der Waals surface area contributed by atoms with Gasteiger partial charge in [-0.05, 0) is 6.92 Å². The Morgan fingerprint density at radius 2 is 2.30 bits per heavy atom. The maximum Gasteiger partial charge on any atom is 0.330 e. The van der Waals surface area contributed by atoms with E-state index in [0.29, 0.717) is 6.42 Å². The minimum absolute atomic E-state index is 0.0944. The first kappa shape index (κ1) is 8.95. The normalized spacial score (nSPS) is 11.7. The third kappa shape index (κ3) is 3.89. The van der Waals surface area contributed by atoms with Crippen molar-refractivity contribution >= 4 is 5.97 Å². The van der Waals surface area contributed by atoms with Gasteiger partial charge in [0.2, 0.25) is 0 Å². The number of carbonyl (C=O) groups excluding carboxylic acids is 1. The SMILES string of the molecule is C=CC[C@@H](C)OC(=O)C=C. The largest absolute Gasteiger partial charge is 0.459 e. The molecule has 56 valence electrons. The molecule has 0 aliphatic heterocycles. The number of carbonyl (C=O) groups is 1. The molecule has 0 N–H and O–H groups in total. The van der Waals surface area contributed by atoms with Gasteiger partial charge in [0.15, 0.2) is 0 Å². The van der Waals surface area contributed by atoms with Crippen LogP contribution in [0.3, 0.4) is 0 Å². The van der Waals surface area contributed by atoms with Crippen molar-refractivity contribution in [3.05, 3.63) is 25.3 Å². The molecule has 0 aliphatic carbocycles. The Labute approximate surface area is 61.2 Å². The summed E-state index contributed by atoms with van der Waals surface area (Å²) < 4.78 is 4.81. The lowest BCUT2D eigenvalue weighted by Crippen LogP contribution is -2.11. The van der Waals surface area contributed by atoms with Crippen molar-refractivity contribution < 1.29 is 9.53 Å². The van der Waals surface area contributed by atoms with Crippen molar-refractivity contribution in [3.63, 3.8) is 0 Å². The summed E-state index contributed by atoms with van der Waals surface area (Å²) in [4.78, 5) is 10.5. The first-order valence-electron chi connectivity index (χ1n) is 3.14. The van der Waals surface area contributed by atoms with Crippen LogP contribution >= 0.6 is 0 Å². The molecule has 0 aromatic rings. The third-order valence-electron chi connectivity index (χ3n) is 0.983. The van der Waals surface area contributed by atoms with Crippen LogP contribution in [0.25, 0.3) is 0 Å². The Kier molecular flexibility index (Phi) is 4.29. The van der Waals surface area contributed by atoms with Gasteiger partial charge in [-0.2, -0.15) is 0 Å². The number of esters is 1. The molecule has 10 heavy (non-hydrogen) atoms. The van der Waals surface area contributed by atoms with E-state index < -0.39 is 0 Å². The molecule has 0 aromatic carbocycles. The molecule has 2 nitrogen and oxygen atoms in total. The van der Waals surface area contributed by atoms with Crippen LogP contribution in [0.15, 0.2) is 25.3 Å². The lowest BCUT2D eigenvalue weighted by atomic mass is 10.3. The minimum atomic E-state index is -0.380. The molecule has 0 saturated heterocycles. The van der Waals surface area contributed by atoms with Crippen molar-refractivity contribution in [1.82, 2.24) is 0 Å². The molecule has 0 aliphatic rings. The standard InChI is InChI=1S/C8H12O2/c1-4-6-7(3)10-8(9)5-2/h4-5,7H,1-2,6H2,3H3/t7-/m1/s1. The average Bonchev–Trinajstić information content (AvgIpc) is 1.88. The van der Waals surface area contributed by atoms with Gasteiger partial charge >= 0.3 is 5.97 Å². The molecule has 0 rings (SSSR count). The van der Waals surface area contributed by atoms with Gasteiger partial charge in [0, 0.05) is 12.5 Å². The summed E-state index contributed by atoms with van der Waals surface area (Å²) in [6, 6.07) is 0. The molecule has 0 unspecified atom stereocenters. The predicted molar refractivity (Wildman–Crippen MR) is 40.6 cm³/mol. The summed E-state index contributed by atoms with van der Waals surface area (Å²) in [5.74, 6) is -0.380. The summed E-state index contributed by atoms with van der Waals surface area (Å²) in [7, 11) is 0. The molecule has 0 bridgehead atoms. The van der Waals surface area contributed by atoms with Crippen LogP contribution in [-0.4, -0.2) is 12.1 Å². The van der Waals surface area contributed by atoms with Gasteiger partial charge in [-0.3, -0.25) is 0 Å². The molecule has 0 radical (unpaired) electrons. The molecule has 0 amide bonds. The third-order valence-corrected chi connectivity index (χ3v) is 0.983. The van der Waals surface area contributed by atoms with E-state index >= 15 is 0 Å². The predicted octanol–water partition coefficient (Wildman–Crippen LogP) is 1.68. The number of hydrogen-bond donors (Lipinski definition) is 0. The Balaban J connectivity index is 3.55. The van der Waals surface area contributed by atoms with E-state index in [1.165, 1.54) is 0 Å². The van der Waals surface area contributed by atoms with Crippen LogP contribution in [0.4, 0.5) is 0 Å². The van der Waals surface area contributed by atoms with Crippen LogP contribution in [0, 0.1) is 0 Å². The summed E-state index contributed by atoms with van der Waals surface area (Å²) >= 11 is 0. The summed E-state index contributed by atoms with van der Waals surface area (Å²) in [6.45, 7) is 8.60. The Hall–Kier alpha value is -1.05. The van der Waals surface area contributed by atoms with Crippen LogP contribution in [-0.2, 0) is 9.53 Å². The number of rotatable bonds is 4. The fraction of sp³-hybridized carbons (Fsp3) is 0.375. The van der Waals surface area contributed by atoms with Gasteiger partial charge in [-0.15, -0.1) is 6.58 Å². The van der Waals surface area contributed by atoms with E-state index in [4.69, 9.17) is 4.74 Å². The van der Waals surface area contributed by atoms with E-state index in [2.05, 4.69) is 13.2 Å². The van der Waals surface area contributed by atoms with Crippen LogP contribution in [0.5, 0.6) is 0 Å². The van der Waals surface area contributed by atoms with Crippen molar-refractivity contribution in [2.75, 3.05) is 0 Å². The van der Waals surface area contributed by atoms with Gasteiger partial charge in [0.1, 0.15) is 6.10 Å². The zero-order valence-corrected chi connectivity index (χ0v) is 6.17. The first-order valence-corrected chi connectivity index (χ1v) is 3.14. The lowest BCUT2D eigenvalue weighted by molar-refractivity contribution is -0.141. The molecule has 2 heteroatoms. The van der Waals surface area contributed by atoms with E-state index in [-0.39, 0.29) is 12.1 Å². The number of hydrogen-bond acceptors (Lipinski definition) is 2. The van der Waals surface area contributed by atoms with Gasteiger partial charge < -0.3 is 4.74 Å². The Bertz CT molecular complexity index is 138. The van der Waals surface area contributed by atoms with Gasteiger partial charge in [0.25, 0.3) is 0 Å². The van der Waals surface area contributed by atoms with Crippen molar-refractivity contribution in [2.45, 2.75) is 19.4 Å². The highest BCUT2D eigenvalue weighted by Crippen LogP contribution is 1.97. The minimum Gasteiger partial charge on any atom is -0.459 e. The van der Waals surface area contributed by atoms with Gasteiger partial charge in [-0.1, -0.05) is 12.7 Å². The molecular formula is C8H12O2. The topological polar surface area (TPSA) is 26.3 Å². The highest BCUT2D eigenvalue weighted by atomic mass is 16.5. The second-order valence-electron chi connectivity index (χ2n) is 1.98. The van der Waals surface area contributed by atoms with E-state index in [1.807, 2.05) is 6.92 Å². The van der Waals surface area contributed by atoms with Gasteiger partial charge in [-0.25, -0.2) is 4.79 Å². The van der Waals surface area contributed by atoms with E-state index in [1.54, 1.807) is 6.08 Å². The zero-order chi connectivity index (χ0) is 7.98. The number of ether oxygens (including phenoxy) is 1. The average molecular weight is 140 g/mol. The summed E-state index contributed by atoms with van der Waals surface area (Å²) in [6.07, 6.45) is 3.45. The second-order valence-corrected chi connectivity index (χ2v) is 1.98. The van der Waals surface area contributed by atoms with Crippen LogP contribution in [0.1, 0.15) is 13.3 Å². The Morgan fingerprint density at radius 1 is 1.70 bits per heavy atom. The smallest absolute Gasteiger partial charge is 0.330 e. The quantitative estimate of drug-likeness (QED) is 0.337. The fourth-order valence-corrected chi connectivity index (χ4v) is 0.529. The summed E-state index contributed by atoms with van der Waals surface area (Å²) in [5.41, 5.74) is 0. The maximum atomic E-state index is 10.5. The highest BCUT2D eigenvalue weighted by molar-refractivity contribution is 5.81. The Morgan fingerprint density at radius 3 is 2.70 bits per heavy atom. The lowest BCUT2D eigenvalue weighted by Gasteiger charge is -2.07. The monoisotopic (exact) mass is 140 g/mol. The fourth-order valence-electron chi connectivity index (χ4n) is 0.529. The first-order chi connectivity index (χ1) is 4.70. The molecular weight excluding hydrogens is 128 g/mol. The molecule has 0 aromatic heterocycles. The van der Waals surface area contributed by atoms with E-state index in [0.717, 1.165) is 6.08 Å². The molecule has 0 spiro atoms. The molecule has 0 saturated carbocycles. The second kappa shape index (κ2) is 4.79. The molecule has 0 heterocycles. The highest BCUT2D eigenvalue weighted by Gasteiger charge is 2.02. The van der Waals surface area contributed by atoms with Crippen molar-refractivity contribution in [3.8, 4) is 0 Å². The van der Waals surface area contributed by atoms with Crippen LogP contribution < -0.4 is 0 Å². The van der Waals surface area contributed by atoms with Crippen molar-refractivity contribution in [2.24, 2.45) is 0 Å². The van der Waals surface area contributed by atoms with E-state index in [9.17, 15) is 4.79 Å². The van der Waals surface area contributed by atoms with Crippen LogP contribution in [0.2, 0.25) is 0 Å². The van der Waals surface area contributed by atoms with Crippen molar-refractivity contribution in [1.29, 1.82) is 0 Å².